The molecular formula is C23H26N2O5. The summed E-state index contributed by atoms with van der Waals surface area (Å²) in [5.41, 5.74) is 0.454. The average Bonchev–Trinajstić information content (AvgIpc) is 3.20. The Kier molecular flexibility index (Phi) is 5.37. The lowest BCUT2D eigenvalue weighted by Crippen LogP contribution is -2.35. The molecule has 1 aliphatic heterocycles. The Bertz CT molecular complexity index is 1040. The molecule has 0 spiro atoms. The highest BCUT2D eigenvalue weighted by Gasteiger charge is 2.37. The number of carbonyl (C=O) groups is 2. The van der Waals surface area contributed by atoms with Gasteiger partial charge in [0.2, 0.25) is 11.3 Å². The Morgan fingerprint density at radius 3 is 2.53 bits per heavy atom. The number of rotatable bonds is 5. The molecule has 0 radical (unpaired) electrons. The molecule has 0 atom stereocenters. The van der Waals surface area contributed by atoms with Gasteiger partial charge in [-0.3, -0.25) is 9.59 Å². The SMILES string of the molecule is O=C(O)c1cn(CC2(c3cccc(N4CCCCC4=O)c3)CCCC2)cc(O)c1=O. The third-order valence-corrected chi connectivity index (χ3v) is 6.43. The number of nitrogens with zero attached hydrogens (tertiary/aromatic N) is 2. The lowest BCUT2D eigenvalue weighted by atomic mass is 9.78. The largest absolute Gasteiger partial charge is 0.503 e. The molecule has 1 aromatic heterocycles. The van der Waals surface area contributed by atoms with Crippen molar-refractivity contribution in [3.8, 4) is 5.75 Å². The van der Waals surface area contributed by atoms with Gasteiger partial charge >= 0.3 is 5.97 Å². The first-order valence-electron chi connectivity index (χ1n) is 10.5. The van der Waals surface area contributed by atoms with E-state index in [-0.39, 0.29) is 11.3 Å². The number of piperidine rings is 1. The van der Waals surface area contributed by atoms with Gasteiger partial charge in [0, 0.05) is 43.0 Å². The zero-order valence-corrected chi connectivity index (χ0v) is 16.8. The van der Waals surface area contributed by atoms with Crippen molar-refractivity contribution in [2.75, 3.05) is 11.4 Å². The summed E-state index contributed by atoms with van der Waals surface area (Å²) in [7, 11) is 0. The first-order chi connectivity index (χ1) is 14.4. The van der Waals surface area contributed by atoms with Crippen molar-refractivity contribution >= 4 is 17.6 Å². The molecule has 2 N–H and O–H groups in total. The van der Waals surface area contributed by atoms with Gasteiger partial charge in [-0.25, -0.2) is 4.79 Å². The number of anilines is 1. The maximum absolute atomic E-state index is 12.4. The third-order valence-electron chi connectivity index (χ3n) is 6.43. The quantitative estimate of drug-likeness (QED) is 0.788. The molecule has 2 aliphatic rings. The van der Waals surface area contributed by atoms with E-state index in [4.69, 9.17) is 0 Å². The van der Waals surface area contributed by atoms with Crippen molar-refractivity contribution in [1.29, 1.82) is 0 Å². The van der Waals surface area contributed by atoms with E-state index in [9.17, 15) is 24.6 Å². The molecule has 1 saturated carbocycles. The first kappa shape index (κ1) is 20.2. The molecule has 0 bridgehead atoms. The molecule has 2 fully saturated rings. The van der Waals surface area contributed by atoms with E-state index >= 15 is 0 Å². The molecule has 2 heterocycles. The van der Waals surface area contributed by atoms with Gasteiger partial charge in [0.1, 0.15) is 5.56 Å². The van der Waals surface area contributed by atoms with Gasteiger partial charge in [-0.1, -0.05) is 25.0 Å². The molecule has 1 amide bonds. The number of carbonyl (C=O) groups excluding carboxylic acids is 1. The van der Waals surface area contributed by atoms with Crippen molar-refractivity contribution in [2.24, 2.45) is 0 Å². The van der Waals surface area contributed by atoms with Crippen molar-refractivity contribution in [1.82, 2.24) is 4.57 Å². The van der Waals surface area contributed by atoms with E-state index in [2.05, 4.69) is 12.1 Å². The Hall–Kier alpha value is -3.09. The lowest BCUT2D eigenvalue weighted by Gasteiger charge is -2.33. The number of aromatic nitrogens is 1. The standard InChI is InChI=1S/C23H26N2O5/c26-19-14-24(13-18(21(19)28)22(29)30)15-23(9-2-3-10-23)16-6-5-7-17(12-16)25-11-4-1-8-20(25)27/h5-7,12-14,26H,1-4,8-11,15H2,(H,29,30). The number of pyridine rings is 1. The van der Waals surface area contributed by atoms with Crippen LogP contribution in [0.25, 0.3) is 0 Å². The summed E-state index contributed by atoms with van der Waals surface area (Å²) < 4.78 is 1.62. The number of carboxylic acid groups (broad SMARTS) is 1. The summed E-state index contributed by atoms with van der Waals surface area (Å²) in [5.74, 6) is -1.76. The highest BCUT2D eigenvalue weighted by Crippen LogP contribution is 2.43. The number of aromatic hydroxyl groups is 1. The van der Waals surface area contributed by atoms with Crippen LogP contribution in [-0.4, -0.2) is 33.2 Å². The number of carboxylic acids is 1. The lowest BCUT2D eigenvalue weighted by molar-refractivity contribution is -0.119. The van der Waals surface area contributed by atoms with Crippen LogP contribution in [0.4, 0.5) is 5.69 Å². The first-order valence-corrected chi connectivity index (χ1v) is 10.5. The van der Waals surface area contributed by atoms with Crippen LogP contribution in [0.3, 0.4) is 0 Å². The smallest absolute Gasteiger partial charge is 0.341 e. The summed E-state index contributed by atoms with van der Waals surface area (Å²) in [6.07, 6.45) is 9.05. The van der Waals surface area contributed by atoms with Crippen LogP contribution in [-0.2, 0) is 16.8 Å². The van der Waals surface area contributed by atoms with Crippen LogP contribution in [0.15, 0.2) is 41.5 Å². The minimum Gasteiger partial charge on any atom is -0.503 e. The number of hydrogen-bond acceptors (Lipinski definition) is 4. The maximum Gasteiger partial charge on any atom is 0.341 e. The van der Waals surface area contributed by atoms with Gasteiger partial charge in [-0.2, -0.15) is 0 Å². The minimum atomic E-state index is -1.35. The topological polar surface area (TPSA) is 99.8 Å². The van der Waals surface area contributed by atoms with Crippen LogP contribution < -0.4 is 10.3 Å². The average molecular weight is 410 g/mol. The second-order valence-electron chi connectivity index (χ2n) is 8.40. The molecule has 7 nitrogen and oxygen atoms in total. The number of hydrogen-bond donors (Lipinski definition) is 2. The van der Waals surface area contributed by atoms with Crippen LogP contribution in [0.5, 0.6) is 5.75 Å². The molecule has 4 rings (SSSR count). The Balaban J connectivity index is 1.71. The second-order valence-corrected chi connectivity index (χ2v) is 8.40. The molecule has 7 heteroatoms. The molecule has 30 heavy (non-hydrogen) atoms. The number of benzene rings is 1. The third kappa shape index (κ3) is 3.72. The van der Waals surface area contributed by atoms with Crippen molar-refractivity contribution in [3.63, 3.8) is 0 Å². The summed E-state index contributed by atoms with van der Waals surface area (Å²) >= 11 is 0. The second kappa shape index (κ2) is 7.97. The molecule has 1 aromatic carbocycles. The van der Waals surface area contributed by atoms with Gasteiger partial charge in [-0.05, 0) is 43.4 Å². The fourth-order valence-electron chi connectivity index (χ4n) is 4.88. The molecule has 1 aliphatic carbocycles. The number of aromatic carboxylic acids is 1. The van der Waals surface area contributed by atoms with Gasteiger partial charge in [0.25, 0.3) is 0 Å². The zero-order valence-electron chi connectivity index (χ0n) is 16.8. The van der Waals surface area contributed by atoms with Crippen LogP contribution in [0.1, 0.15) is 60.9 Å². The van der Waals surface area contributed by atoms with E-state index in [1.807, 2.05) is 17.0 Å². The highest BCUT2D eigenvalue weighted by molar-refractivity contribution is 5.94. The Labute approximate surface area is 174 Å². The zero-order chi connectivity index (χ0) is 21.3. The summed E-state index contributed by atoms with van der Waals surface area (Å²) in [5, 5.41) is 19.3. The van der Waals surface area contributed by atoms with E-state index in [0.29, 0.717) is 13.0 Å². The van der Waals surface area contributed by atoms with Crippen LogP contribution in [0.2, 0.25) is 0 Å². The van der Waals surface area contributed by atoms with E-state index in [1.165, 1.54) is 12.4 Å². The summed E-state index contributed by atoms with van der Waals surface area (Å²) in [4.78, 5) is 37.5. The highest BCUT2D eigenvalue weighted by atomic mass is 16.4. The van der Waals surface area contributed by atoms with E-state index < -0.39 is 22.7 Å². The number of amides is 1. The monoisotopic (exact) mass is 410 g/mol. The van der Waals surface area contributed by atoms with E-state index in [1.54, 1.807) is 4.57 Å². The molecule has 158 valence electrons. The van der Waals surface area contributed by atoms with Crippen LogP contribution >= 0.6 is 0 Å². The fraction of sp³-hybridized carbons (Fsp3) is 0.435. The molecule has 1 saturated heterocycles. The van der Waals surface area contributed by atoms with Crippen LogP contribution in [0, 0.1) is 0 Å². The van der Waals surface area contributed by atoms with Gasteiger partial charge in [0.15, 0.2) is 5.75 Å². The van der Waals surface area contributed by atoms with Gasteiger partial charge < -0.3 is 19.7 Å². The van der Waals surface area contributed by atoms with Gasteiger partial charge in [0.05, 0.1) is 0 Å². The van der Waals surface area contributed by atoms with E-state index in [0.717, 1.165) is 56.3 Å². The Morgan fingerprint density at radius 1 is 1.07 bits per heavy atom. The molecular weight excluding hydrogens is 384 g/mol. The van der Waals surface area contributed by atoms with Crippen molar-refractivity contribution in [2.45, 2.75) is 56.9 Å². The summed E-state index contributed by atoms with van der Waals surface area (Å²) in [6, 6.07) is 8.07. The fourth-order valence-corrected chi connectivity index (χ4v) is 4.88. The van der Waals surface area contributed by atoms with Crippen molar-refractivity contribution in [3.05, 3.63) is 58.0 Å². The maximum atomic E-state index is 12.4. The minimum absolute atomic E-state index is 0.148. The summed E-state index contributed by atoms with van der Waals surface area (Å²) in [6.45, 7) is 1.18. The van der Waals surface area contributed by atoms with Crippen molar-refractivity contribution < 1.29 is 19.8 Å². The predicted octanol–water partition coefficient (Wildman–Crippen LogP) is 3.28. The predicted molar refractivity (Wildman–Crippen MR) is 112 cm³/mol. The molecule has 0 unspecified atom stereocenters. The van der Waals surface area contributed by atoms with Gasteiger partial charge in [-0.15, -0.1) is 0 Å². The normalized spacial score (nSPS) is 18.5. The Morgan fingerprint density at radius 2 is 1.83 bits per heavy atom. The molecule has 2 aromatic rings.